The maximum absolute atomic E-state index is 2.47. The summed E-state index contributed by atoms with van der Waals surface area (Å²) < 4.78 is 0. The van der Waals surface area contributed by atoms with Crippen molar-refractivity contribution >= 4 is 21.5 Å². The second-order valence-corrected chi connectivity index (χ2v) is 14.6. The predicted molar refractivity (Wildman–Crippen MR) is 197 cm³/mol. The summed E-state index contributed by atoms with van der Waals surface area (Å²) in [5, 5.41) is 5.15. The van der Waals surface area contributed by atoms with E-state index < -0.39 is 0 Å². The van der Waals surface area contributed by atoms with Gasteiger partial charge in [-0.15, -0.1) is 0 Å². The molecule has 46 heavy (non-hydrogen) atoms. The van der Waals surface area contributed by atoms with Crippen molar-refractivity contribution in [3.63, 3.8) is 0 Å². The third kappa shape index (κ3) is 3.62. The zero-order valence-corrected chi connectivity index (χ0v) is 27.5. The van der Waals surface area contributed by atoms with Crippen LogP contribution in [-0.2, 0) is 10.8 Å². The second-order valence-electron chi connectivity index (χ2n) is 14.6. The molecule has 0 saturated carbocycles. The molecule has 0 amide bonds. The number of fused-ring (bicyclic) bond motifs is 8. The molecule has 0 unspecified atom stereocenters. The lowest BCUT2D eigenvalue weighted by Crippen LogP contribution is -2.22. The molecule has 9 rings (SSSR count). The van der Waals surface area contributed by atoms with Crippen molar-refractivity contribution in [1.82, 2.24) is 0 Å². The molecular weight excluding hydrogens is 553 g/mol. The van der Waals surface area contributed by atoms with Crippen molar-refractivity contribution in [2.24, 2.45) is 0 Å². The Morgan fingerprint density at radius 1 is 0.370 bits per heavy atom. The van der Waals surface area contributed by atoms with Gasteiger partial charge in [-0.05, 0) is 138 Å². The van der Waals surface area contributed by atoms with Crippen molar-refractivity contribution in [3.8, 4) is 44.5 Å². The van der Waals surface area contributed by atoms with Gasteiger partial charge in [0, 0.05) is 10.8 Å². The van der Waals surface area contributed by atoms with E-state index in [0.717, 1.165) is 0 Å². The normalized spacial score (nSPS) is 15.1. The largest absolute Gasteiger partial charge is 0.0616 e. The van der Waals surface area contributed by atoms with E-state index >= 15 is 0 Å². The van der Waals surface area contributed by atoms with Crippen molar-refractivity contribution < 1.29 is 0 Å². The molecule has 0 heteroatoms. The van der Waals surface area contributed by atoms with E-state index in [2.05, 4.69) is 163 Å². The summed E-state index contributed by atoms with van der Waals surface area (Å²) in [6, 6.07) is 45.4. The van der Waals surface area contributed by atoms with Crippen LogP contribution in [-0.4, -0.2) is 0 Å². The van der Waals surface area contributed by atoms with Crippen LogP contribution in [0.4, 0.5) is 0 Å². The molecule has 0 heterocycles. The SMILES string of the molecule is Cc1c2c(c(C)c3c1-c1ccc(-c4ccc5ccccc5c4)cc1C3(C)C)C(C)(C)c1cc(-c3ccc4ccccc4c3)ccc1-2. The van der Waals surface area contributed by atoms with Crippen LogP contribution in [0.15, 0.2) is 121 Å². The molecule has 0 atom stereocenters. The van der Waals surface area contributed by atoms with E-state index in [1.165, 1.54) is 99.4 Å². The summed E-state index contributed by atoms with van der Waals surface area (Å²) in [4.78, 5) is 0. The van der Waals surface area contributed by atoms with Crippen LogP contribution < -0.4 is 0 Å². The highest BCUT2D eigenvalue weighted by Gasteiger charge is 2.45. The standard InChI is InChI=1S/C46H38/c1-27-41-37-21-19-35(33-17-15-29-11-7-9-13-31(29)23-33)25-39(37)45(3,4)43(41)28(2)44-42(27)38-22-20-36(26-40(38)46(44,5)6)34-18-16-30-12-8-10-14-32(30)24-34/h7-26H,1-6H3. The minimum absolute atomic E-state index is 0.0947. The molecule has 222 valence electrons. The van der Waals surface area contributed by atoms with Crippen LogP contribution in [0.5, 0.6) is 0 Å². The number of hydrogen-bond donors (Lipinski definition) is 0. The van der Waals surface area contributed by atoms with Crippen LogP contribution in [0.25, 0.3) is 66.1 Å². The topological polar surface area (TPSA) is 0 Å². The van der Waals surface area contributed by atoms with Gasteiger partial charge in [0.2, 0.25) is 0 Å². The Labute approximate surface area is 272 Å². The van der Waals surface area contributed by atoms with Crippen LogP contribution >= 0.6 is 0 Å². The summed E-state index contributed by atoms with van der Waals surface area (Å²) in [5.74, 6) is 0. The molecule has 0 saturated heterocycles. The summed E-state index contributed by atoms with van der Waals surface area (Å²) in [7, 11) is 0. The Morgan fingerprint density at radius 2 is 0.739 bits per heavy atom. The van der Waals surface area contributed by atoms with E-state index in [0.29, 0.717) is 0 Å². The molecular formula is C46H38. The Hall–Kier alpha value is -4.94. The Kier molecular flexibility index (Phi) is 5.54. The monoisotopic (exact) mass is 590 g/mol. The highest BCUT2D eigenvalue weighted by molar-refractivity contribution is 5.97. The lowest BCUT2D eigenvalue weighted by molar-refractivity contribution is 0.630. The molecule has 0 bridgehead atoms. The lowest BCUT2D eigenvalue weighted by atomic mass is 9.73. The summed E-state index contributed by atoms with van der Waals surface area (Å²) >= 11 is 0. The molecule has 0 N–H and O–H groups in total. The van der Waals surface area contributed by atoms with Gasteiger partial charge in [-0.1, -0.05) is 125 Å². The van der Waals surface area contributed by atoms with Gasteiger partial charge in [-0.2, -0.15) is 0 Å². The van der Waals surface area contributed by atoms with E-state index in [-0.39, 0.29) is 10.8 Å². The molecule has 7 aromatic rings. The fourth-order valence-corrected chi connectivity index (χ4v) is 9.16. The van der Waals surface area contributed by atoms with Crippen LogP contribution in [0, 0.1) is 13.8 Å². The molecule has 2 aliphatic carbocycles. The van der Waals surface area contributed by atoms with Crippen LogP contribution in [0.1, 0.15) is 61.1 Å². The minimum Gasteiger partial charge on any atom is -0.0616 e. The van der Waals surface area contributed by atoms with E-state index in [4.69, 9.17) is 0 Å². The summed E-state index contributed by atoms with van der Waals surface area (Å²) in [6.07, 6.45) is 0. The number of rotatable bonds is 2. The Balaban J connectivity index is 1.21. The van der Waals surface area contributed by atoms with Gasteiger partial charge in [0.1, 0.15) is 0 Å². The zero-order valence-electron chi connectivity index (χ0n) is 27.5. The molecule has 7 aromatic carbocycles. The lowest BCUT2D eigenvalue weighted by Gasteiger charge is -2.30. The maximum Gasteiger partial charge on any atom is 0.0161 e. The van der Waals surface area contributed by atoms with Gasteiger partial charge in [-0.3, -0.25) is 0 Å². The van der Waals surface area contributed by atoms with E-state index in [1.54, 1.807) is 0 Å². The smallest absolute Gasteiger partial charge is 0.0161 e. The van der Waals surface area contributed by atoms with Gasteiger partial charge in [0.05, 0.1) is 0 Å². The fraction of sp³-hybridized carbons (Fsp3) is 0.174. The van der Waals surface area contributed by atoms with E-state index in [9.17, 15) is 0 Å². The molecule has 0 radical (unpaired) electrons. The first-order valence-electron chi connectivity index (χ1n) is 16.6. The maximum atomic E-state index is 2.47. The Bertz CT molecular complexity index is 2260. The van der Waals surface area contributed by atoms with Gasteiger partial charge >= 0.3 is 0 Å². The summed E-state index contributed by atoms with van der Waals surface area (Å²) in [5.41, 5.74) is 19.4. The van der Waals surface area contributed by atoms with Gasteiger partial charge in [0.25, 0.3) is 0 Å². The quantitative estimate of drug-likeness (QED) is 0.188. The average molecular weight is 591 g/mol. The van der Waals surface area contributed by atoms with Crippen LogP contribution in [0.2, 0.25) is 0 Å². The minimum atomic E-state index is -0.0947. The Morgan fingerprint density at radius 3 is 1.17 bits per heavy atom. The molecule has 0 nitrogen and oxygen atoms in total. The predicted octanol–water partition coefficient (Wildman–Crippen LogP) is 12.6. The third-order valence-corrected chi connectivity index (χ3v) is 11.3. The second kappa shape index (κ2) is 9.30. The van der Waals surface area contributed by atoms with Crippen molar-refractivity contribution in [3.05, 3.63) is 155 Å². The first-order valence-corrected chi connectivity index (χ1v) is 16.6. The van der Waals surface area contributed by atoms with Crippen molar-refractivity contribution in [2.75, 3.05) is 0 Å². The molecule has 0 aliphatic heterocycles. The van der Waals surface area contributed by atoms with Crippen LogP contribution in [0.3, 0.4) is 0 Å². The zero-order chi connectivity index (χ0) is 31.5. The number of benzene rings is 7. The van der Waals surface area contributed by atoms with Gasteiger partial charge in [0.15, 0.2) is 0 Å². The summed E-state index contributed by atoms with van der Waals surface area (Å²) in [6.45, 7) is 14.5. The fourth-order valence-electron chi connectivity index (χ4n) is 9.16. The van der Waals surface area contributed by atoms with Gasteiger partial charge in [-0.25, -0.2) is 0 Å². The highest BCUT2D eigenvalue weighted by atomic mass is 14.5. The average Bonchev–Trinajstić information content (AvgIpc) is 3.46. The van der Waals surface area contributed by atoms with E-state index in [1.807, 2.05) is 0 Å². The highest BCUT2D eigenvalue weighted by Crippen LogP contribution is 2.60. The molecule has 0 spiro atoms. The first-order chi connectivity index (χ1) is 22.1. The molecule has 0 aromatic heterocycles. The molecule has 2 aliphatic rings. The molecule has 0 fully saturated rings. The first kappa shape index (κ1) is 27.4. The third-order valence-electron chi connectivity index (χ3n) is 11.3. The van der Waals surface area contributed by atoms with Crippen molar-refractivity contribution in [2.45, 2.75) is 52.4 Å². The van der Waals surface area contributed by atoms with Crippen molar-refractivity contribution in [1.29, 1.82) is 0 Å². The van der Waals surface area contributed by atoms with Gasteiger partial charge < -0.3 is 0 Å². The number of hydrogen-bond acceptors (Lipinski definition) is 0.